The molecule has 86 valence electrons. The number of rotatable bonds is 3. The van der Waals surface area contributed by atoms with Crippen LogP contribution in [-0.2, 0) is 4.79 Å². The van der Waals surface area contributed by atoms with Gasteiger partial charge in [0, 0.05) is 23.2 Å². The molecule has 3 nitrogen and oxygen atoms in total. The summed E-state index contributed by atoms with van der Waals surface area (Å²) >= 11 is 1.75. The third-order valence-corrected chi connectivity index (χ3v) is 3.94. The fourth-order valence-electron chi connectivity index (χ4n) is 1.78. The average molecular weight is 236 g/mol. The molecule has 1 aliphatic heterocycles. The number of thioether (sulfide) groups is 1. The Morgan fingerprint density at radius 1 is 1.62 bits per heavy atom. The smallest absolute Gasteiger partial charge is 0.228 e. The Balaban J connectivity index is 2.10. The van der Waals surface area contributed by atoms with E-state index in [0.29, 0.717) is 6.54 Å². The molecule has 1 heterocycles. The third kappa shape index (κ3) is 2.23. The molecule has 4 heteroatoms. The third-order valence-electron chi connectivity index (χ3n) is 2.76. The van der Waals surface area contributed by atoms with Crippen LogP contribution in [0.2, 0.25) is 0 Å². The Labute approximate surface area is 99.8 Å². The van der Waals surface area contributed by atoms with E-state index in [-0.39, 0.29) is 17.9 Å². The molecule has 1 unspecified atom stereocenters. The van der Waals surface area contributed by atoms with Crippen molar-refractivity contribution in [3.63, 3.8) is 0 Å². The van der Waals surface area contributed by atoms with Crippen LogP contribution in [0.25, 0.3) is 0 Å². The van der Waals surface area contributed by atoms with Crippen molar-refractivity contribution >= 4 is 17.7 Å². The lowest BCUT2D eigenvalue weighted by Gasteiger charge is -2.15. The molecule has 1 aromatic rings. The summed E-state index contributed by atoms with van der Waals surface area (Å²) in [4.78, 5) is 13.2. The van der Waals surface area contributed by atoms with E-state index in [1.54, 1.807) is 11.8 Å². The van der Waals surface area contributed by atoms with Crippen LogP contribution in [0.5, 0.6) is 0 Å². The number of fused-ring (bicyclic) bond motifs is 1. The van der Waals surface area contributed by atoms with Crippen molar-refractivity contribution in [3.8, 4) is 0 Å². The number of benzene rings is 1. The van der Waals surface area contributed by atoms with Crippen molar-refractivity contribution in [2.24, 2.45) is 5.73 Å². The Hall–Kier alpha value is -1.00. The lowest BCUT2D eigenvalue weighted by molar-refractivity contribution is -0.122. The van der Waals surface area contributed by atoms with Crippen LogP contribution in [-0.4, -0.2) is 24.2 Å². The minimum absolute atomic E-state index is 0.0183. The van der Waals surface area contributed by atoms with Crippen LogP contribution in [0.4, 0.5) is 0 Å². The minimum atomic E-state index is -0.0183. The first-order valence-electron chi connectivity index (χ1n) is 5.44. The number of hydrogen-bond donors (Lipinski definition) is 2. The molecule has 0 saturated carbocycles. The van der Waals surface area contributed by atoms with Gasteiger partial charge in [-0.2, -0.15) is 0 Å². The molecule has 1 aliphatic rings. The molecule has 2 rings (SSSR count). The highest BCUT2D eigenvalue weighted by Crippen LogP contribution is 2.39. The van der Waals surface area contributed by atoms with Crippen LogP contribution in [0.3, 0.4) is 0 Å². The molecule has 0 aromatic heterocycles. The zero-order valence-corrected chi connectivity index (χ0v) is 10.1. The summed E-state index contributed by atoms with van der Waals surface area (Å²) in [6, 6.07) is 8.14. The molecular weight excluding hydrogens is 220 g/mol. The van der Waals surface area contributed by atoms with Crippen molar-refractivity contribution < 1.29 is 4.79 Å². The molecule has 0 saturated heterocycles. The van der Waals surface area contributed by atoms with Crippen molar-refractivity contribution in [2.75, 3.05) is 12.3 Å². The number of carbonyl (C=O) groups is 1. The fourth-order valence-corrected chi connectivity index (χ4v) is 3.01. The summed E-state index contributed by atoms with van der Waals surface area (Å²) < 4.78 is 0. The topological polar surface area (TPSA) is 55.1 Å². The standard InChI is InChI=1S/C12H16N2OS/c1-8(6-13)14-12(15)10-7-16-11-5-3-2-4-9(10)11/h2-5,8,10H,6-7,13H2,1H3,(H,14,15)/t8-,10?/m1/s1. The predicted molar refractivity (Wildman–Crippen MR) is 66.6 cm³/mol. The SMILES string of the molecule is C[C@H](CN)NC(=O)C1CSc2ccccc21. The molecule has 0 aliphatic carbocycles. The Bertz CT molecular complexity index is 394. The number of hydrogen-bond acceptors (Lipinski definition) is 3. The zero-order valence-electron chi connectivity index (χ0n) is 9.27. The van der Waals surface area contributed by atoms with Gasteiger partial charge in [0.1, 0.15) is 0 Å². The number of nitrogens with two attached hydrogens (primary N) is 1. The summed E-state index contributed by atoms with van der Waals surface area (Å²) in [7, 11) is 0. The molecule has 0 bridgehead atoms. The summed E-state index contributed by atoms with van der Waals surface area (Å²) in [6.45, 7) is 2.40. The molecule has 0 fully saturated rings. The molecule has 16 heavy (non-hydrogen) atoms. The first-order chi connectivity index (χ1) is 7.72. The first kappa shape index (κ1) is 11.5. The maximum atomic E-state index is 12.0. The maximum Gasteiger partial charge on any atom is 0.228 e. The van der Waals surface area contributed by atoms with E-state index in [9.17, 15) is 4.79 Å². The molecule has 0 radical (unpaired) electrons. The van der Waals surface area contributed by atoms with Crippen LogP contribution in [0.15, 0.2) is 29.2 Å². The molecule has 2 atom stereocenters. The van der Waals surface area contributed by atoms with Gasteiger partial charge in [0.25, 0.3) is 0 Å². The van der Waals surface area contributed by atoms with Crippen molar-refractivity contribution in [3.05, 3.63) is 29.8 Å². The lowest BCUT2D eigenvalue weighted by Crippen LogP contribution is -2.40. The van der Waals surface area contributed by atoms with Crippen LogP contribution < -0.4 is 11.1 Å². The van der Waals surface area contributed by atoms with Crippen molar-refractivity contribution in [2.45, 2.75) is 23.8 Å². The quantitative estimate of drug-likeness (QED) is 0.832. The zero-order chi connectivity index (χ0) is 11.5. The number of nitrogens with one attached hydrogen (secondary N) is 1. The summed E-state index contributed by atoms with van der Waals surface area (Å²) in [5.74, 6) is 0.910. The van der Waals surface area contributed by atoms with E-state index in [4.69, 9.17) is 5.73 Å². The summed E-state index contributed by atoms with van der Waals surface area (Å²) in [6.07, 6.45) is 0. The van der Waals surface area contributed by atoms with E-state index in [1.807, 2.05) is 25.1 Å². The highest BCUT2D eigenvalue weighted by molar-refractivity contribution is 7.99. The van der Waals surface area contributed by atoms with E-state index in [0.717, 1.165) is 11.3 Å². The van der Waals surface area contributed by atoms with Crippen LogP contribution in [0, 0.1) is 0 Å². The highest BCUT2D eigenvalue weighted by Gasteiger charge is 2.29. The van der Waals surface area contributed by atoms with Crippen molar-refractivity contribution in [1.82, 2.24) is 5.32 Å². The lowest BCUT2D eigenvalue weighted by atomic mass is 10.0. The van der Waals surface area contributed by atoms with E-state index < -0.39 is 0 Å². The van der Waals surface area contributed by atoms with Gasteiger partial charge in [-0.15, -0.1) is 11.8 Å². The highest BCUT2D eigenvalue weighted by atomic mass is 32.2. The normalized spacial score (nSPS) is 20.2. The molecule has 0 spiro atoms. The van der Waals surface area contributed by atoms with Gasteiger partial charge in [0.2, 0.25) is 5.91 Å². The summed E-state index contributed by atoms with van der Waals surface area (Å²) in [5.41, 5.74) is 6.64. The van der Waals surface area contributed by atoms with Gasteiger partial charge in [0.05, 0.1) is 5.92 Å². The predicted octanol–water partition coefficient (Wildman–Crippen LogP) is 1.34. The Morgan fingerprint density at radius 3 is 3.12 bits per heavy atom. The van der Waals surface area contributed by atoms with E-state index in [1.165, 1.54) is 4.90 Å². The van der Waals surface area contributed by atoms with Gasteiger partial charge in [-0.1, -0.05) is 18.2 Å². The molecule has 3 N–H and O–H groups in total. The van der Waals surface area contributed by atoms with Crippen molar-refractivity contribution in [1.29, 1.82) is 0 Å². The van der Waals surface area contributed by atoms with Crippen LogP contribution in [0.1, 0.15) is 18.4 Å². The first-order valence-corrected chi connectivity index (χ1v) is 6.43. The number of amides is 1. The van der Waals surface area contributed by atoms with Gasteiger partial charge in [-0.3, -0.25) is 4.79 Å². The Morgan fingerprint density at radius 2 is 2.38 bits per heavy atom. The second-order valence-corrected chi connectivity index (χ2v) is 5.11. The second kappa shape index (κ2) is 4.89. The van der Waals surface area contributed by atoms with Gasteiger partial charge < -0.3 is 11.1 Å². The van der Waals surface area contributed by atoms with E-state index in [2.05, 4.69) is 11.4 Å². The second-order valence-electron chi connectivity index (χ2n) is 4.05. The Kier molecular flexibility index (Phi) is 3.51. The molecule has 1 aromatic carbocycles. The number of carbonyl (C=O) groups excluding carboxylic acids is 1. The average Bonchev–Trinajstić information content (AvgIpc) is 2.72. The van der Waals surface area contributed by atoms with Gasteiger partial charge in [-0.25, -0.2) is 0 Å². The fraction of sp³-hybridized carbons (Fsp3) is 0.417. The van der Waals surface area contributed by atoms with Gasteiger partial charge in [0.15, 0.2) is 0 Å². The maximum absolute atomic E-state index is 12.0. The van der Waals surface area contributed by atoms with Crippen LogP contribution >= 0.6 is 11.8 Å². The largest absolute Gasteiger partial charge is 0.352 e. The summed E-state index contributed by atoms with van der Waals surface area (Å²) in [5, 5.41) is 2.94. The minimum Gasteiger partial charge on any atom is -0.352 e. The molecular formula is C12H16N2OS. The molecule has 1 amide bonds. The monoisotopic (exact) mass is 236 g/mol. The van der Waals surface area contributed by atoms with E-state index >= 15 is 0 Å². The van der Waals surface area contributed by atoms with Gasteiger partial charge >= 0.3 is 0 Å². The van der Waals surface area contributed by atoms with Gasteiger partial charge in [-0.05, 0) is 18.6 Å².